The molecule has 0 amide bonds. The molecule has 0 N–H and O–H groups in total. The lowest BCUT2D eigenvalue weighted by Gasteiger charge is -2.37. The quantitative estimate of drug-likeness (QED) is 0.584. The Balaban J connectivity index is 2.53. The van der Waals surface area contributed by atoms with E-state index in [9.17, 15) is 4.79 Å². The van der Waals surface area contributed by atoms with Crippen LogP contribution < -0.4 is 0 Å². The summed E-state index contributed by atoms with van der Waals surface area (Å²) in [6.07, 6.45) is 3.23. The Kier molecular flexibility index (Phi) is 3.34. The molecule has 0 bridgehead atoms. The molecule has 0 aromatic carbocycles. The molecule has 1 rings (SSSR count). The third-order valence-electron chi connectivity index (χ3n) is 3.29. The van der Waals surface area contributed by atoms with Crippen molar-refractivity contribution >= 4 is 5.97 Å². The third-order valence-corrected chi connectivity index (χ3v) is 3.29. The van der Waals surface area contributed by atoms with Crippen molar-refractivity contribution in [2.45, 2.75) is 40.2 Å². The van der Waals surface area contributed by atoms with Gasteiger partial charge < -0.3 is 4.74 Å². The highest BCUT2D eigenvalue weighted by Gasteiger charge is 2.33. The van der Waals surface area contributed by atoms with Crippen molar-refractivity contribution in [3.8, 4) is 0 Å². The molecular formula is C11H19O2. The zero-order chi connectivity index (χ0) is 10.0. The number of hydrogen-bond donors (Lipinski definition) is 0. The van der Waals surface area contributed by atoms with Crippen molar-refractivity contribution in [2.24, 2.45) is 17.8 Å². The summed E-state index contributed by atoms with van der Waals surface area (Å²) in [5.74, 6) is 1.62. The van der Waals surface area contributed by atoms with Crippen molar-refractivity contribution in [3.05, 3.63) is 6.42 Å². The molecule has 1 aliphatic rings. The van der Waals surface area contributed by atoms with Crippen LogP contribution in [0.3, 0.4) is 0 Å². The first-order valence-electron chi connectivity index (χ1n) is 5.03. The monoisotopic (exact) mass is 183 g/mol. The minimum atomic E-state index is -0.171. The predicted octanol–water partition coefficient (Wildman–Crippen LogP) is 2.43. The van der Waals surface area contributed by atoms with Crippen LogP contribution >= 0.6 is 0 Å². The third kappa shape index (κ3) is 2.45. The van der Waals surface area contributed by atoms with E-state index in [1.54, 1.807) is 0 Å². The molecule has 2 nitrogen and oxygen atoms in total. The fourth-order valence-electron chi connectivity index (χ4n) is 1.94. The van der Waals surface area contributed by atoms with Crippen molar-refractivity contribution in [2.75, 3.05) is 0 Å². The second-order valence-corrected chi connectivity index (χ2v) is 4.24. The minimum Gasteiger partial charge on any atom is -0.462 e. The lowest BCUT2D eigenvalue weighted by atomic mass is 9.73. The van der Waals surface area contributed by atoms with Gasteiger partial charge in [-0.2, -0.15) is 0 Å². The van der Waals surface area contributed by atoms with E-state index in [1.165, 1.54) is 6.92 Å². The van der Waals surface area contributed by atoms with Crippen LogP contribution in [0.1, 0.15) is 34.1 Å². The van der Waals surface area contributed by atoms with E-state index in [0.717, 1.165) is 6.42 Å². The van der Waals surface area contributed by atoms with Gasteiger partial charge in [0.05, 0.1) is 0 Å². The molecule has 1 aliphatic carbocycles. The van der Waals surface area contributed by atoms with Gasteiger partial charge >= 0.3 is 5.97 Å². The first-order valence-corrected chi connectivity index (χ1v) is 5.03. The summed E-state index contributed by atoms with van der Waals surface area (Å²) in [4.78, 5) is 10.8. The summed E-state index contributed by atoms with van der Waals surface area (Å²) < 4.78 is 5.23. The lowest BCUT2D eigenvalue weighted by Crippen LogP contribution is -2.36. The van der Waals surface area contributed by atoms with Gasteiger partial charge in [0.25, 0.3) is 0 Å². The SMILES string of the molecule is CC(=O)OC1[CH]CC(C)C(C)C1C. The van der Waals surface area contributed by atoms with E-state index >= 15 is 0 Å². The highest BCUT2D eigenvalue weighted by atomic mass is 16.5. The van der Waals surface area contributed by atoms with E-state index in [0.29, 0.717) is 17.8 Å². The molecule has 0 aliphatic heterocycles. The van der Waals surface area contributed by atoms with Gasteiger partial charge in [0, 0.05) is 13.3 Å². The van der Waals surface area contributed by atoms with Crippen LogP contribution in [-0.4, -0.2) is 12.1 Å². The summed E-state index contributed by atoms with van der Waals surface area (Å²) in [5.41, 5.74) is 0. The molecule has 2 heteroatoms. The van der Waals surface area contributed by atoms with Crippen LogP contribution in [0.25, 0.3) is 0 Å². The maximum atomic E-state index is 10.8. The van der Waals surface area contributed by atoms with E-state index < -0.39 is 0 Å². The predicted molar refractivity (Wildman–Crippen MR) is 52.0 cm³/mol. The van der Waals surface area contributed by atoms with Crippen LogP contribution in [0.4, 0.5) is 0 Å². The molecule has 4 atom stereocenters. The van der Waals surface area contributed by atoms with Crippen molar-refractivity contribution in [3.63, 3.8) is 0 Å². The van der Waals surface area contributed by atoms with Crippen LogP contribution in [0.5, 0.6) is 0 Å². The molecule has 13 heavy (non-hydrogen) atoms. The normalized spacial score (nSPS) is 40.0. The Morgan fingerprint density at radius 1 is 1.31 bits per heavy atom. The molecule has 4 unspecified atom stereocenters. The zero-order valence-electron chi connectivity index (χ0n) is 8.91. The molecule has 75 valence electrons. The number of esters is 1. The van der Waals surface area contributed by atoms with E-state index in [1.807, 2.05) is 0 Å². The summed E-state index contributed by atoms with van der Waals surface area (Å²) in [6.45, 7) is 8.12. The van der Waals surface area contributed by atoms with Gasteiger partial charge in [-0.25, -0.2) is 0 Å². The Hall–Kier alpha value is -0.530. The fourth-order valence-corrected chi connectivity index (χ4v) is 1.94. The average molecular weight is 183 g/mol. The average Bonchev–Trinajstić information content (AvgIpc) is 2.06. The Labute approximate surface area is 80.7 Å². The van der Waals surface area contributed by atoms with Gasteiger partial charge in [0.15, 0.2) is 0 Å². The van der Waals surface area contributed by atoms with Gasteiger partial charge in [-0.1, -0.05) is 20.8 Å². The lowest BCUT2D eigenvalue weighted by molar-refractivity contribution is -0.149. The summed E-state index contributed by atoms with van der Waals surface area (Å²) in [5, 5.41) is 0. The summed E-state index contributed by atoms with van der Waals surface area (Å²) in [6, 6.07) is 0. The van der Waals surface area contributed by atoms with Crippen molar-refractivity contribution in [1.29, 1.82) is 0 Å². The topological polar surface area (TPSA) is 26.3 Å². The standard InChI is InChI=1S/C11H19O2/c1-7-5-6-11(13-10(4)12)9(3)8(7)2/h6-9,11H,5H2,1-4H3. The fraction of sp³-hybridized carbons (Fsp3) is 0.818. The van der Waals surface area contributed by atoms with Gasteiger partial charge in [-0.15, -0.1) is 0 Å². The molecule has 1 fully saturated rings. The maximum absolute atomic E-state index is 10.8. The summed E-state index contributed by atoms with van der Waals surface area (Å²) >= 11 is 0. The number of carbonyl (C=O) groups excluding carboxylic acids is 1. The van der Waals surface area contributed by atoms with E-state index in [-0.39, 0.29) is 12.1 Å². The van der Waals surface area contributed by atoms with Crippen LogP contribution in [0.15, 0.2) is 0 Å². The van der Waals surface area contributed by atoms with Gasteiger partial charge in [-0.05, 0) is 24.2 Å². The van der Waals surface area contributed by atoms with E-state index in [4.69, 9.17) is 4.74 Å². The highest BCUT2D eigenvalue weighted by Crippen LogP contribution is 2.35. The van der Waals surface area contributed by atoms with Crippen LogP contribution in [0, 0.1) is 24.2 Å². The number of rotatable bonds is 1. The van der Waals surface area contributed by atoms with Gasteiger partial charge in [-0.3, -0.25) is 4.79 Å². The zero-order valence-corrected chi connectivity index (χ0v) is 8.91. The molecule has 1 radical (unpaired) electrons. The Morgan fingerprint density at radius 2 is 1.92 bits per heavy atom. The molecule has 1 saturated carbocycles. The van der Waals surface area contributed by atoms with Gasteiger partial charge in [0.1, 0.15) is 6.10 Å². The highest BCUT2D eigenvalue weighted by molar-refractivity contribution is 5.66. The largest absolute Gasteiger partial charge is 0.462 e. The Bertz CT molecular complexity index is 189. The summed E-state index contributed by atoms with van der Waals surface area (Å²) in [7, 11) is 0. The molecule has 0 saturated heterocycles. The first kappa shape index (κ1) is 10.6. The smallest absolute Gasteiger partial charge is 0.302 e. The van der Waals surface area contributed by atoms with Crippen LogP contribution in [-0.2, 0) is 9.53 Å². The van der Waals surface area contributed by atoms with Crippen molar-refractivity contribution in [1.82, 2.24) is 0 Å². The Morgan fingerprint density at radius 3 is 2.46 bits per heavy atom. The minimum absolute atomic E-state index is 0.0312. The molecule has 0 spiro atoms. The molecule has 0 aromatic rings. The molecule has 0 aromatic heterocycles. The van der Waals surface area contributed by atoms with Crippen molar-refractivity contribution < 1.29 is 9.53 Å². The van der Waals surface area contributed by atoms with Crippen LogP contribution in [0.2, 0.25) is 0 Å². The number of hydrogen-bond acceptors (Lipinski definition) is 2. The van der Waals surface area contributed by atoms with Gasteiger partial charge in [0.2, 0.25) is 0 Å². The number of ether oxygens (including phenoxy) is 1. The maximum Gasteiger partial charge on any atom is 0.302 e. The second kappa shape index (κ2) is 4.12. The second-order valence-electron chi connectivity index (χ2n) is 4.24. The number of carbonyl (C=O) groups is 1. The molecular weight excluding hydrogens is 164 g/mol. The van der Waals surface area contributed by atoms with E-state index in [2.05, 4.69) is 27.2 Å². The first-order chi connectivity index (χ1) is 6.02. The molecule has 0 heterocycles.